The quantitative estimate of drug-likeness (QED) is 0.658. The monoisotopic (exact) mass is 233 g/mol. The lowest BCUT2D eigenvalue weighted by Gasteiger charge is -1.97. The summed E-state index contributed by atoms with van der Waals surface area (Å²) >= 11 is 5.74. The molecule has 0 aliphatic carbocycles. The van der Waals surface area contributed by atoms with E-state index in [0.717, 1.165) is 27.7 Å². The minimum Gasteiger partial charge on any atom is -0.497 e. The molecule has 0 saturated heterocycles. The minimum absolute atomic E-state index is 0.242. The molecule has 0 spiro atoms. The van der Waals surface area contributed by atoms with Crippen LogP contribution >= 0.6 is 11.6 Å². The molecule has 16 heavy (non-hydrogen) atoms. The molecule has 3 rings (SSSR count). The zero-order valence-corrected chi connectivity index (χ0v) is 9.25. The maximum absolute atomic E-state index is 5.74. The number of nitrogens with zero attached hydrogens (tertiary/aromatic N) is 2. The van der Waals surface area contributed by atoms with Gasteiger partial charge in [0.05, 0.1) is 12.6 Å². The third kappa shape index (κ3) is 1.31. The fraction of sp³-hybridized carbons (Fsp3) is 0.0909. The first-order valence-electron chi connectivity index (χ1n) is 4.76. The number of hydrogen-bond donors (Lipinski definition) is 1. The molecule has 1 aromatic carbocycles. The van der Waals surface area contributed by atoms with Crippen LogP contribution in [0.25, 0.3) is 21.9 Å². The Kier molecular flexibility index (Phi) is 1.97. The molecule has 0 bridgehead atoms. The summed E-state index contributed by atoms with van der Waals surface area (Å²) in [5.74, 6) is 0.804. The van der Waals surface area contributed by atoms with Crippen LogP contribution < -0.4 is 4.74 Å². The second-order valence-corrected chi connectivity index (χ2v) is 3.78. The fourth-order valence-electron chi connectivity index (χ4n) is 1.77. The summed E-state index contributed by atoms with van der Waals surface area (Å²) in [6.07, 6.45) is 1.72. The van der Waals surface area contributed by atoms with Gasteiger partial charge < -0.3 is 9.72 Å². The summed E-state index contributed by atoms with van der Waals surface area (Å²) in [5.41, 5.74) is 1.70. The Morgan fingerprint density at radius 3 is 3.00 bits per heavy atom. The van der Waals surface area contributed by atoms with E-state index in [1.165, 1.54) is 0 Å². The van der Waals surface area contributed by atoms with Crippen molar-refractivity contribution in [2.75, 3.05) is 7.11 Å². The fourth-order valence-corrected chi connectivity index (χ4v) is 1.90. The van der Waals surface area contributed by atoms with E-state index in [1.54, 1.807) is 13.3 Å². The molecule has 3 aromatic rings. The van der Waals surface area contributed by atoms with Crippen molar-refractivity contribution in [1.29, 1.82) is 0 Å². The van der Waals surface area contributed by atoms with E-state index in [-0.39, 0.29) is 5.28 Å². The molecule has 0 amide bonds. The Morgan fingerprint density at radius 2 is 2.19 bits per heavy atom. The first kappa shape index (κ1) is 9.42. The third-order valence-corrected chi connectivity index (χ3v) is 2.71. The standard InChI is InChI=1S/C11H8ClN3O/c1-16-6-2-3-7-8-5-13-11(12)15-10(8)14-9(7)4-6/h2-5H,1H3,(H,13,14,15). The van der Waals surface area contributed by atoms with Crippen LogP contribution in [-0.2, 0) is 0 Å². The van der Waals surface area contributed by atoms with Crippen molar-refractivity contribution in [2.45, 2.75) is 0 Å². The van der Waals surface area contributed by atoms with Gasteiger partial charge in [0, 0.05) is 23.0 Å². The Labute approximate surface area is 96.2 Å². The van der Waals surface area contributed by atoms with Crippen molar-refractivity contribution in [3.63, 3.8) is 0 Å². The molecule has 4 nitrogen and oxygen atoms in total. The minimum atomic E-state index is 0.242. The number of H-pyrrole nitrogens is 1. The highest BCUT2D eigenvalue weighted by Crippen LogP contribution is 2.27. The van der Waals surface area contributed by atoms with E-state index in [9.17, 15) is 0 Å². The highest BCUT2D eigenvalue weighted by Gasteiger charge is 2.07. The van der Waals surface area contributed by atoms with Crippen LogP contribution in [0.15, 0.2) is 24.4 Å². The van der Waals surface area contributed by atoms with Gasteiger partial charge in [-0.2, -0.15) is 4.98 Å². The zero-order valence-electron chi connectivity index (χ0n) is 8.49. The predicted octanol–water partition coefficient (Wildman–Crippen LogP) is 2.77. The van der Waals surface area contributed by atoms with Gasteiger partial charge in [-0.15, -0.1) is 0 Å². The molecule has 80 valence electrons. The summed E-state index contributed by atoms with van der Waals surface area (Å²) in [7, 11) is 1.64. The van der Waals surface area contributed by atoms with Crippen molar-refractivity contribution in [3.05, 3.63) is 29.7 Å². The van der Waals surface area contributed by atoms with Crippen molar-refractivity contribution in [2.24, 2.45) is 0 Å². The summed E-state index contributed by atoms with van der Waals surface area (Å²) < 4.78 is 5.16. The van der Waals surface area contributed by atoms with Gasteiger partial charge in [-0.25, -0.2) is 4.98 Å². The molecule has 0 aliphatic heterocycles. The van der Waals surface area contributed by atoms with Crippen LogP contribution in [0.1, 0.15) is 0 Å². The van der Waals surface area contributed by atoms with E-state index in [2.05, 4.69) is 15.0 Å². The molecule has 0 saturated carbocycles. The SMILES string of the molecule is COc1ccc2c(c1)[nH]c1nc(Cl)ncc12. The number of methoxy groups -OCH3 is 1. The third-order valence-electron chi connectivity index (χ3n) is 2.53. The molecule has 0 unspecified atom stereocenters. The molecule has 2 heterocycles. The summed E-state index contributed by atoms with van der Waals surface area (Å²) in [6, 6.07) is 5.80. The van der Waals surface area contributed by atoms with Crippen molar-refractivity contribution < 1.29 is 4.74 Å². The van der Waals surface area contributed by atoms with E-state index in [4.69, 9.17) is 16.3 Å². The molecule has 2 aromatic heterocycles. The van der Waals surface area contributed by atoms with E-state index < -0.39 is 0 Å². The topological polar surface area (TPSA) is 50.8 Å². The van der Waals surface area contributed by atoms with Crippen LogP contribution in [-0.4, -0.2) is 22.1 Å². The Morgan fingerprint density at radius 1 is 1.31 bits per heavy atom. The van der Waals surface area contributed by atoms with Gasteiger partial charge in [-0.1, -0.05) is 0 Å². The largest absolute Gasteiger partial charge is 0.497 e. The molecule has 5 heteroatoms. The maximum atomic E-state index is 5.74. The zero-order chi connectivity index (χ0) is 11.1. The van der Waals surface area contributed by atoms with E-state index >= 15 is 0 Å². The van der Waals surface area contributed by atoms with Gasteiger partial charge >= 0.3 is 0 Å². The van der Waals surface area contributed by atoms with Crippen LogP contribution in [0, 0.1) is 0 Å². The number of aromatic amines is 1. The Bertz CT molecular complexity index is 677. The van der Waals surface area contributed by atoms with Crippen molar-refractivity contribution >= 4 is 33.5 Å². The number of hydrogen-bond acceptors (Lipinski definition) is 3. The lowest BCUT2D eigenvalue weighted by atomic mass is 10.2. The number of ether oxygens (including phenoxy) is 1. The van der Waals surface area contributed by atoms with Crippen LogP contribution in [0.2, 0.25) is 5.28 Å². The number of fused-ring (bicyclic) bond motifs is 3. The van der Waals surface area contributed by atoms with Gasteiger partial charge in [0.1, 0.15) is 11.4 Å². The Balaban J connectivity index is 2.40. The van der Waals surface area contributed by atoms with Gasteiger partial charge in [0.15, 0.2) is 0 Å². The molecule has 0 fully saturated rings. The van der Waals surface area contributed by atoms with Crippen LogP contribution in [0.4, 0.5) is 0 Å². The first-order valence-corrected chi connectivity index (χ1v) is 5.14. The van der Waals surface area contributed by atoms with Crippen molar-refractivity contribution in [1.82, 2.24) is 15.0 Å². The highest BCUT2D eigenvalue weighted by molar-refractivity contribution is 6.28. The molecular formula is C11H8ClN3O. The summed E-state index contributed by atoms with van der Waals surface area (Å²) in [6.45, 7) is 0. The molecule has 0 atom stereocenters. The van der Waals surface area contributed by atoms with E-state index in [1.807, 2.05) is 18.2 Å². The summed E-state index contributed by atoms with van der Waals surface area (Å²) in [5, 5.41) is 2.26. The average molecular weight is 234 g/mol. The van der Waals surface area contributed by atoms with Crippen molar-refractivity contribution in [3.8, 4) is 5.75 Å². The van der Waals surface area contributed by atoms with E-state index in [0.29, 0.717) is 0 Å². The number of halogens is 1. The van der Waals surface area contributed by atoms with Crippen LogP contribution in [0.5, 0.6) is 5.75 Å². The smallest absolute Gasteiger partial charge is 0.224 e. The predicted molar refractivity (Wildman–Crippen MR) is 63.0 cm³/mol. The molecule has 1 N–H and O–H groups in total. The maximum Gasteiger partial charge on any atom is 0.224 e. The number of rotatable bonds is 1. The molecular weight excluding hydrogens is 226 g/mol. The van der Waals surface area contributed by atoms with Crippen LogP contribution in [0.3, 0.4) is 0 Å². The molecule has 0 radical (unpaired) electrons. The summed E-state index contributed by atoms with van der Waals surface area (Å²) in [4.78, 5) is 11.3. The van der Waals surface area contributed by atoms with Gasteiger partial charge in [0.2, 0.25) is 5.28 Å². The average Bonchev–Trinajstić information content (AvgIpc) is 2.64. The van der Waals surface area contributed by atoms with Gasteiger partial charge in [-0.3, -0.25) is 0 Å². The first-order chi connectivity index (χ1) is 7.78. The Hall–Kier alpha value is -1.81. The molecule has 0 aliphatic rings. The number of nitrogens with one attached hydrogen (secondary N) is 1. The second-order valence-electron chi connectivity index (χ2n) is 3.44. The normalized spacial score (nSPS) is 11.1. The second kappa shape index (κ2) is 3.35. The lowest BCUT2D eigenvalue weighted by Crippen LogP contribution is -1.80. The van der Waals surface area contributed by atoms with Gasteiger partial charge in [-0.05, 0) is 23.7 Å². The highest BCUT2D eigenvalue weighted by atomic mass is 35.5. The lowest BCUT2D eigenvalue weighted by molar-refractivity contribution is 0.415. The number of aromatic nitrogens is 3. The number of benzene rings is 1. The van der Waals surface area contributed by atoms with Gasteiger partial charge in [0.25, 0.3) is 0 Å².